The smallest absolute Gasteiger partial charge is 0.225 e. The van der Waals surface area contributed by atoms with Gasteiger partial charge in [0.05, 0.1) is 6.54 Å². The van der Waals surface area contributed by atoms with Crippen molar-refractivity contribution < 1.29 is 9.59 Å². The van der Waals surface area contributed by atoms with Gasteiger partial charge in [-0.1, -0.05) is 6.42 Å². The fourth-order valence-electron chi connectivity index (χ4n) is 4.54. The van der Waals surface area contributed by atoms with E-state index in [9.17, 15) is 9.59 Å². The first-order chi connectivity index (χ1) is 14.6. The van der Waals surface area contributed by atoms with Gasteiger partial charge in [0.1, 0.15) is 0 Å². The maximum Gasteiger partial charge on any atom is 0.225 e. The van der Waals surface area contributed by atoms with Crippen LogP contribution in [0.25, 0.3) is 0 Å². The largest absolute Gasteiger partial charge is 0.359 e. The lowest BCUT2D eigenvalue weighted by Crippen LogP contribution is -2.51. The van der Waals surface area contributed by atoms with Crippen LogP contribution in [0.5, 0.6) is 0 Å². The van der Waals surface area contributed by atoms with Crippen molar-refractivity contribution in [2.24, 2.45) is 16.8 Å². The van der Waals surface area contributed by atoms with Gasteiger partial charge >= 0.3 is 0 Å². The Balaban J connectivity index is 0.00000341. The molecule has 0 aromatic heterocycles. The first-order valence-electron chi connectivity index (χ1n) is 11.9. The van der Waals surface area contributed by atoms with Gasteiger partial charge < -0.3 is 20.4 Å². The zero-order valence-electron chi connectivity index (χ0n) is 19.3. The lowest BCUT2D eigenvalue weighted by Gasteiger charge is -2.38. The normalized spacial score (nSPS) is 21.3. The van der Waals surface area contributed by atoms with Gasteiger partial charge in [0.25, 0.3) is 0 Å². The Morgan fingerprint density at radius 3 is 2.19 bits per heavy atom. The molecule has 3 rings (SSSR count). The van der Waals surface area contributed by atoms with E-state index in [4.69, 9.17) is 4.99 Å². The quantitative estimate of drug-likeness (QED) is 0.286. The lowest BCUT2D eigenvalue weighted by atomic mass is 9.84. The molecule has 2 heterocycles. The molecule has 1 saturated carbocycles. The fraction of sp³-hybridized carbons (Fsp3) is 0.864. The van der Waals surface area contributed by atoms with Crippen LogP contribution < -0.4 is 10.6 Å². The summed E-state index contributed by atoms with van der Waals surface area (Å²) < 4.78 is 0. The fourth-order valence-corrected chi connectivity index (χ4v) is 4.54. The first-order valence-corrected chi connectivity index (χ1v) is 11.9. The van der Waals surface area contributed by atoms with Crippen LogP contribution in [0.1, 0.15) is 45.4 Å². The summed E-state index contributed by atoms with van der Waals surface area (Å²) in [6.07, 6.45) is 6.10. The highest BCUT2D eigenvalue weighted by atomic mass is 127. The number of piperidine rings is 1. The van der Waals surface area contributed by atoms with Crippen LogP contribution in [0.15, 0.2) is 4.99 Å². The Labute approximate surface area is 204 Å². The number of hydrogen-bond donors (Lipinski definition) is 2. The van der Waals surface area contributed by atoms with E-state index in [1.165, 1.54) is 6.42 Å². The monoisotopic (exact) mass is 548 g/mol. The maximum atomic E-state index is 12.4. The van der Waals surface area contributed by atoms with Crippen molar-refractivity contribution in [2.45, 2.75) is 45.4 Å². The molecule has 3 aliphatic rings. The van der Waals surface area contributed by atoms with Crippen LogP contribution in [0.4, 0.5) is 0 Å². The van der Waals surface area contributed by atoms with Crippen molar-refractivity contribution in [3.63, 3.8) is 0 Å². The average molecular weight is 549 g/mol. The average Bonchev–Trinajstić information content (AvgIpc) is 2.73. The Hall–Kier alpha value is -1.10. The summed E-state index contributed by atoms with van der Waals surface area (Å²) in [7, 11) is 1.71. The molecule has 0 atom stereocenters. The number of rotatable bonds is 7. The molecule has 0 aromatic rings. The molecule has 2 saturated heterocycles. The van der Waals surface area contributed by atoms with Crippen LogP contribution in [0, 0.1) is 11.8 Å². The molecule has 9 heteroatoms. The van der Waals surface area contributed by atoms with Gasteiger partial charge in [-0.05, 0) is 38.5 Å². The van der Waals surface area contributed by atoms with Crippen molar-refractivity contribution >= 4 is 41.8 Å². The molecule has 0 bridgehead atoms. The predicted molar refractivity (Wildman–Crippen MR) is 135 cm³/mol. The number of likely N-dealkylation sites (tertiary alicyclic amines) is 1. The molecule has 0 unspecified atom stereocenters. The number of hydrogen-bond acceptors (Lipinski definition) is 4. The molecular weight excluding hydrogens is 507 g/mol. The van der Waals surface area contributed by atoms with Crippen molar-refractivity contribution in [1.82, 2.24) is 25.3 Å². The van der Waals surface area contributed by atoms with Gasteiger partial charge in [-0.25, -0.2) is 0 Å². The summed E-state index contributed by atoms with van der Waals surface area (Å²) >= 11 is 0. The number of guanidine groups is 1. The minimum atomic E-state index is 0. The molecule has 8 nitrogen and oxygen atoms in total. The molecule has 0 radical (unpaired) electrons. The third-order valence-corrected chi connectivity index (χ3v) is 6.82. The number of amides is 2. The minimum absolute atomic E-state index is 0. The standard InChI is InChI=1S/C22H40N6O2.HI/c1-3-24-22(28-10-7-18(8-11-28)17-20(29)23-2)25-9-12-26-13-15-27(16-14-26)21(30)19-5-4-6-19;/h18-19H,3-17H2,1-2H3,(H,23,29)(H,24,25);1H. The Kier molecular flexibility index (Phi) is 11.3. The van der Waals surface area contributed by atoms with E-state index in [1.807, 2.05) is 0 Å². The van der Waals surface area contributed by atoms with Crippen LogP contribution in [0.2, 0.25) is 0 Å². The summed E-state index contributed by atoms with van der Waals surface area (Å²) in [6, 6.07) is 0. The van der Waals surface area contributed by atoms with Gasteiger partial charge in [-0.15, -0.1) is 24.0 Å². The van der Waals surface area contributed by atoms with Gasteiger partial charge in [0.15, 0.2) is 5.96 Å². The highest BCUT2D eigenvalue weighted by Crippen LogP contribution is 2.28. The molecule has 2 N–H and O–H groups in total. The zero-order chi connectivity index (χ0) is 21.3. The van der Waals surface area contributed by atoms with Gasteiger partial charge in [0, 0.05) is 71.7 Å². The van der Waals surface area contributed by atoms with E-state index in [0.717, 1.165) is 90.5 Å². The van der Waals surface area contributed by atoms with Crippen molar-refractivity contribution in [3.8, 4) is 0 Å². The second kappa shape index (κ2) is 13.4. The first kappa shape index (κ1) is 26.2. The number of piperazine rings is 1. The molecule has 2 aliphatic heterocycles. The summed E-state index contributed by atoms with van der Waals surface area (Å²) in [5.41, 5.74) is 0. The second-order valence-corrected chi connectivity index (χ2v) is 8.84. The lowest BCUT2D eigenvalue weighted by molar-refractivity contribution is -0.139. The third kappa shape index (κ3) is 7.76. The number of aliphatic imine (C=N–C) groups is 1. The van der Waals surface area contributed by atoms with Crippen LogP contribution in [-0.4, -0.2) is 98.4 Å². The van der Waals surface area contributed by atoms with E-state index < -0.39 is 0 Å². The molecular formula is C22H41IN6O2. The SMILES string of the molecule is CCNC(=NCCN1CCN(C(=O)C2CCC2)CC1)N1CCC(CC(=O)NC)CC1.I. The topological polar surface area (TPSA) is 80.3 Å². The molecule has 3 fully saturated rings. The molecule has 178 valence electrons. The van der Waals surface area contributed by atoms with Crippen molar-refractivity contribution in [3.05, 3.63) is 0 Å². The Morgan fingerprint density at radius 1 is 0.968 bits per heavy atom. The Morgan fingerprint density at radius 2 is 1.65 bits per heavy atom. The second-order valence-electron chi connectivity index (χ2n) is 8.84. The highest BCUT2D eigenvalue weighted by Gasteiger charge is 2.31. The summed E-state index contributed by atoms with van der Waals surface area (Å²) in [5.74, 6) is 2.30. The number of nitrogens with one attached hydrogen (secondary N) is 2. The molecule has 0 spiro atoms. The van der Waals surface area contributed by atoms with E-state index in [2.05, 4.69) is 32.3 Å². The molecule has 0 aromatic carbocycles. The number of carbonyl (C=O) groups excluding carboxylic acids is 2. The maximum absolute atomic E-state index is 12.4. The zero-order valence-corrected chi connectivity index (χ0v) is 21.6. The van der Waals surface area contributed by atoms with E-state index in [1.54, 1.807) is 7.05 Å². The summed E-state index contributed by atoms with van der Waals surface area (Å²) in [6.45, 7) is 10.2. The molecule has 1 aliphatic carbocycles. The van der Waals surface area contributed by atoms with Crippen LogP contribution in [0.3, 0.4) is 0 Å². The highest BCUT2D eigenvalue weighted by molar-refractivity contribution is 14.0. The predicted octanol–water partition coefficient (Wildman–Crippen LogP) is 1.36. The van der Waals surface area contributed by atoms with Crippen LogP contribution in [-0.2, 0) is 9.59 Å². The summed E-state index contributed by atoms with van der Waals surface area (Å²) in [4.78, 5) is 35.7. The van der Waals surface area contributed by atoms with Crippen LogP contribution >= 0.6 is 24.0 Å². The number of halogens is 1. The van der Waals surface area contributed by atoms with Crippen molar-refractivity contribution in [1.29, 1.82) is 0 Å². The van der Waals surface area contributed by atoms with Gasteiger partial charge in [0.2, 0.25) is 11.8 Å². The van der Waals surface area contributed by atoms with Gasteiger partial charge in [-0.2, -0.15) is 0 Å². The van der Waals surface area contributed by atoms with Crippen molar-refractivity contribution in [2.75, 3.05) is 66.0 Å². The number of nitrogens with zero attached hydrogens (tertiary/aromatic N) is 4. The minimum Gasteiger partial charge on any atom is -0.359 e. The summed E-state index contributed by atoms with van der Waals surface area (Å²) in [5, 5.41) is 6.16. The van der Waals surface area contributed by atoms with E-state index in [0.29, 0.717) is 24.2 Å². The Bertz CT molecular complexity index is 597. The van der Waals surface area contributed by atoms with E-state index in [-0.39, 0.29) is 29.9 Å². The third-order valence-electron chi connectivity index (χ3n) is 6.82. The van der Waals surface area contributed by atoms with Gasteiger partial charge in [-0.3, -0.25) is 19.5 Å². The molecule has 2 amide bonds. The molecule has 31 heavy (non-hydrogen) atoms. The van der Waals surface area contributed by atoms with E-state index >= 15 is 0 Å². The number of carbonyl (C=O) groups is 2.